The summed E-state index contributed by atoms with van der Waals surface area (Å²) in [6.45, 7) is 0.768. The van der Waals surface area contributed by atoms with E-state index in [0.29, 0.717) is 12.1 Å². The van der Waals surface area contributed by atoms with Crippen molar-refractivity contribution in [2.24, 2.45) is 5.73 Å². The summed E-state index contributed by atoms with van der Waals surface area (Å²) in [5.74, 6) is 0. The largest absolute Gasteiger partial charge is 0.389 e. The van der Waals surface area contributed by atoms with Crippen LogP contribution in [0.4, 0.5) is 0 Å². The second kappa shape index (κ2) is 4.17. The molecule has 2 saturated carbocycles. The summed E-state index contributed by atoms with van der Waals surface area (Å²) in [6, 6.07) is 0.931. The SMILES string of the molecule is NC1CCC(NCC2(O)CCCC2)C1. The fourth-order valence-electron chi connectivity index (χ4n) is 2.75. The Kier molecular flexibility index (Phi) is 3.10. The van der Waals surface area contributed by atoms with Gasteiger partial charge >= 0.3 is 0 Å². The Hall–Kier alpha value is -0.120. The summed E-state index contributed by atoms with van der Waals surface area (Å²) in [7, 11) is 0. The van der Waals surface area contributed by atoms with Gasteiger partial charge in [0.15, 0.2) is 0 Å². The summed E-state index contributed by atoms with van der Waals surface area (Å²) >= 11 is 0. The molecule has 0 bridgehead atoms. The number of aliphatic hydroxyl groups is 1. The van der Waals surface area contributed by atoms with Crippen LogP contribution in [0.2, 0.25) is 0 Å². The van der Waals surface area contributed by atoms with Gasteiger partial charge < -0.3 is 16.2 Å². The molecule has 0 aromatic carbocycles. The van der Waals surface area contributed by atoms with Gasteiger partial charge in [0.2, 0.25) is 0 Å². The second-order valence-electron chi connectivity index (χ2n) is 5.08. The molecule has 2 fully saturated rings. The molecule has 82 valence electrons. The van der Waals surface area contributed by atoms with Crippen LogP contribution in [-0.4, -0.2) is 29.3 Å². The molecule has 0 amide bonds. The molecular weight excluding hydrogens is 176 g/mol. The summed E-state index contributed by atoms with van der Waals surface area (Å²) in [5, 5.41) is 13.6. The summed E-state index contributed by atoms with van der Waals surface area (Å²) in [4.78, 5) is 0. The minimum atomic E-state index is -0.410. The van der Waals surface area contributed by atoms with Crippen LogP contribution in [0.25, 0.3) is 0 Å². The first kappa shape index (κ1) is 10.4. The molecule has 14 heavy (non-hydrogen) atoms. The number of nitrogens with one attached hydrogen (secondary N) is 1. The van der Waals surface area contributed by atoms with Gasteiger partial charge in [-0.1, -0.05) is 12.8 Å². The van der Waals surface area contributed by atoms with Gasteiger partial charge in [-0.25, -0.2) is 0 Å². The molecule has 0 radical (unpaired) electrons. The average Bonchev–Trinajstić information content (AvgIpc) is 2.73. The van der Waals surface area contributed by atoms with Gasteiger partial charge in [-0.3, -0.25) is 0 Å². The van der Waals surface area contributed by atoms with Crippen molar-refractivity contribution in [3.05, 3.63) is 0 Å². The van der Waals surface area contributed by atoms with E-state index in [1.165, 1.54) is 19.3 Å². The minimum Gasteiger partial charge on any atom is -0.389 e. The van der Waals surface area contributed by atoms with Crippen LogP contribution in [-0.2, 0) is 0 Å². The topological polar surface area (TPSA) is 58.3 Å². The summed E-state index contributed by atoms with van der Waals surface area (Å²) in [5.41, 5.74) is 5.43. The van der Waals surface area contributed by atoms with Crippen LogP contribution < -0.4 is 11.1 Å². The van der Waals surface area contributed by atoms with E-state index in [1.54, 1.807) is 0 Å². The van der Waals surface area contributed by atoms with Gasteiger partial charge in [0, 0.05) is 18.6 Å². The molecule has 3 heteroatoms. The van der Waals surface area contributed by atoms with Crippen LogP contribution >= 0.6 is 0 Å². The van der Waals surface area contributed by atoms with Crippen molar-refractivity contribution in [3.63, 3.8) is 0 Å². The second-order valence-corrected chi connectivity index (χ2v) is 5.08. The van der Waals surface area contributed by atoms with Crippen LogP contribution in [0.15, 0.2) is 0 Å². The van der Waals surface area contributed by atoms with E-state index in [9.17, 15) is 5.11 Å². The Morgan fingerprint density at radius 2 is 2.00 bits per heavy atom. The molecule has 0 heterocycles. The van der Waals surface area contributed by atoms with E-state index in [4.69, 9.17) is 5.73 Å². The van der Waals surface area contributed by atoms with Crippen molar-refractivity contribution in [2.75, 3.05) is 6.54 Å². The highest BCUT2D eigenvalue weighted by Crippen LogP contribution is 2.29. The van der Waals surface area contributed by atoms with Crippen LogP contribution in [0.1, 0.15) is 44.9 Å². The lowest BCUT2D eigenvalue weighted by atomic mass is 10.0. The third-order valence-electron chi connectivity index (χ3n) is 3.73. The molecule has 0 saturated heterocycles. The average molecular weight is 198 g/mol. The van der Waals surface area contributed by atoms with Crippen LogP contribution in [0, 0.1) is 0 Å². The zero-order valence-corrected chi connectivity index (χ0v) is 8.84. The Bertz CT molecular complexity index is 190. The Morgan fingerprint density at radius 1 is 1.29 bits per heavy atom. The maximum atomic E-state index is 10.1. The van der Waals surface area contributed by atoms with Gasteiger partial charge in [-0.2, -0.15) is 0 Å². The maximum absolute atomic E-state index is 10.1. The van der Waals surface area contributed by atoms with Crippen LogP contribution in [0.3, 0.4) is 0 Å². The normalized spacial score (nSPS) is 36.4. The summed E-state index contributed by atoms with van der Waals surface area (Å²) in [6.07, 6.45) is 7.70. The molecule has 2 atom stereocenters. The lowest BCUT2D eigenvalue weighted by Gasteiger charge is -2.25. The zero-order chi connectivity index (χ0) is 10.0. The lowest BCUT2D eigenvalue weighted by Crippen LogP contribution is -2.42. The zero-order valence-electron chi connectivity index (χ0n) is 8.84. The predicted molar refractivity (Wildman–Crippen MR) is 57.0 cm³/mol. The minimum absolute atomic E-state index is 0.380. The Morgan fingerprint density at radius 3 is 2.57 bits per heavy atom. The van der Waals surface area contributed by atoms with E-state index in [1.807, 2.05) is 0 Å². The van der Waals surface area contributed by atoms with Crippen molar-refractivity contribution in [1.82, 2.24) is 5.32 Å². The quantitative estimate of drug-likeness (QED) is 0.627. The van der Waals surface area contributed by atoms with Crippen LogP contribution in [0.5, 0.6) is 0 Å². The van der Waals surface area contributed by atoms with Crippen molar-refractivity contribution in [1.29, 1.82) is 0 Å². The first-order valence-electron chi connectivity index (χ1n) is 5.89. The third-order valence-corrected chi connectivity index (χ3v) is 3.73. The van der Waals surface area contributed by atoms with E-state index in [0.717, 1.165) is 32.2 Å². The van der Waals surface area contributed by atoms with Crippen molar-refractivity contribution in [2.45, 2.75) is 62.6 Å². The molecule has 3 nitrogen and oxygen atoms in total. The standard InChI is InChI=1S/C11H22N2O/c12-9-3-4-10(7-9)13-8-11(14)5-1-2-6-11/h9-10,13-14H,1-8,12H2. The third kappa shape index (κ3) is 2.47. The Balaban J connectivity index is 1.71. The molecule has 4 N–H and O–H groups in total. The van der Waals surface area contributed by atoms with Crippen molar-refractivity contribution >= 4 is 0 Å². The molecule has 2 aliphatic rings. The monoisotopic (exact) mass is 198 g/mol. The predicted octanol–water partition coefficient (Wildman–Crippen LogP) is 0.761. The fraction of sp³-hybridized carbons (Fsp3) is 1.00. The molecule has 0 spiro atoms. The molecule has 2 aliphatic carbocycles. The maximum Gasteiger partial charge on any atom is 0.0771 e. The number of hydrogen-bond donors (Lipinski definition) is 3. The Labute approximate surface area is 86.1 Å². The number of nitrogens with two attached hydrogens (primary N) is 1. The highest BCUT2D eigenvalue weighted by atomic mass is 16.3. The number of hydrogen-bond acceptors (Lipinski definition) is 3. The van der Waals surface area contributed by atoms with E-state index in [-0.39, 0.29) is 0 Å². The highest BCUT2D eigenvalue weighted by molar-refractivity contribution is 4.90. The van der Waals surface area contributed by atoms with Gasteiger partial charge in [-0.15, -0.1) is 0 Å². The first-order chi connectivity index (χ1) is 6.68. The molecule has 2 unspecified atom stereocenters. The van der Waals surface area contributed by atoms with Gasteiger partial charge in [0.25, 0.3) is 0 Å². The van der Waals surface area contributed by atoms with Gasteiger partial charge in [0.1, 0.15) is 0 Å². The van der Waals surface area contributed by atoms with Crippen molar-refractivity contribution < 1.29 is 5.11 Å². The van der Waals surface area contributed by atoms with Gasteiger partial charge in [0.05, 0.1) is 5.60 Å². The fourth-order valence-corrected chi connectivity index (χ4v) is 2.75. The molecule has 0 aromatic heterocycles. The van der Waals surface area contributed by atoms with E-state index in [2.05, 4.69) is 5.32 Å². The first-order valence-corrected chi connectivity index (χ1v) is 5.89. The molecule has 0 aliphatic heterocycles. The molecular formula is C11H22N2O. The smallest absolute Gasteiger partial charge is 0.0771 e. The lowest BCUT2D eigenvalue weighted by molar-refractivity contribution is 0.0450. The number of rotatable bonds is 3. The molecule has 0 aromatic rings. The molecule has 2 rings (SSSR count). The van der Waals surface area contributed by atoms with Gasteiger partial charge in [-0.05, 0) is 32.1 Å². The summed E-state index contributed by atoms with van der Waals surface area (Å²) < 4.78 is 0. The van der Waals surface area contributed by atoms with E-state index < -0.39 is 5.60 Å². The van der Waals surface area contributed by atoms with E-state index >= 15 is 0 Å². The van der Waals surface area contributed by atoms with Crippen molar-refractivity contribution in [3.8, 4) is 0 Å². The highest BCUT2D eigenvalue weighted by Gasteiger charge is 2.32.